The first-order chi connectivity index (χ1) is 17.0. The monoisotopic (exact) mass is 519 g/mol. The SMILES string of the molecule is O=C(NC1CCC(c2nnc(OCCOC(F)(F)F)o2)CC1)c1cnc2cc(C(F)(F)F)ccc2n1. The van der Waals surface area contributed by atoms with Gasteiger partial charge in [-0.1, -0.05) is 5.10 Å². The zero-order valence-electron chi connectivity index (χ0n) is 18.4. The second-order valence-electron chi connectivity index (χ2n) is 8.03. The van der Waals surface area contributed by atoms with Crippen molar-refractivity contribution in [3.63, 3.8) is 0 Å². The molecule has 0 radical (unpaired) electrons. The van der Waals surface area contributed by atoms with Gasteiger partial charge in [-0.05, 0) is 43.9 Å². The van der Waals surface area contributed by atoms with E-state index in [0.717, 1.165) is 18.3 Å². The Balaban J connectivity index is 1.27. The number of carbonyl (C=O) groups excluding carboxylic acids is 1. The summed E-state index contributed by atoms with van der Waals surface area (Å²) in [4.78, 5) is 20.6. The van der Waals surface area contributed by atoms with Gasteiger partial charge in [0.15, 0.2) is 0 Å². The van der Waals surface area contributed by atoms with E-state index < -0.39 is 37.2 Å². The van der Waals surface area contributed by atoms with Gasteiger partial charge < -0.3 is 14.5 Å². The Morgan fingerprint density at radius 2 is 1.78 bits per heavy atom. The van der Waals surface area contributed by atoms with Gasteiger partial charge in [-0.3, -0.25) is 14.5 Å². The number of carbonyl (C=O) groups is 1. The van der Waals surface area contributed by atoms with Crippen molar-refractivity contribution in [2.75, 3.05) is 13.2 Å². The highest BCUT2D eigenvalue weighted by Crippen LogP contribution is 2.33. The van der Waals surface area contributed by atoms with Gasteiger partial charge in [0.2, 0.25) is 5.89 Å². The van der Waals surface area contributed by atoms with Crippen molar-refractivity contribution in [3.8, 4) is 6.08 Å². The molecule has 15 heteroatoms. The Kier molecular flexibility index (Phi) is 7.28. The summed E-state index contributed by atoms with van der Waals surface area (Å²) < 4.78 is 88.3. The van der Waals surface area contributed by atoms with E-state index in [-0.39, 0.29) is 40.7 Å². The van der Waals surface area contributed by atoms with E-state index >= 15 is 0 Å². The fourth-order valence-electron chi connectivity index (χ4n) is 3.77. The quantitative estimate of drug-likeness (QED) is 0.361. The molecule has 4 rings (SSSR count). The van der Waals surface area contributed by atoms with Gasteiger partial charge in [-0.25, -0.2) is 4.98 Å². The van der Waals surface area contributed by atoms with Crippen molar-refractivity contribution in [1.29, 1.82) is 0 Å². The van der Waals surface area contributed by atoms with E-state index in [0.29, 0.717) is 25.7 Å². The first-order valence-electron chi connectivity index (χ1n) is 10.8. The number of rotatable bonds is 7. The number of hydrogen-bond donors (Lipinski definition) is 1. The number of nitrogens with one attached hydrogen (secondary N) is 1. The molecule has 0 unspecified atom stereocenters. The summed E-state index contributed by atoms with van der Waals surface area (Å²) in [5, 5.41) is 10.4. The number of halogens is 6. The van der Waals surface area contributed by atoms with Gasteiger partial charge >= 0.3 is 18.6 Å². The number of amides is 1. The molecule has 1 saturated carbocycles. The molecule has 1 aliphatic carbocycles. The van der Waals surface area contributed by atoms with Crippen LogP contribution in [0.3, 0.4) is 0 Å². The molecule has 0 spiro atoms. The Hall–Kier alpha value is -3.49. The van der Waals surface area contributed by atoms with Crippen LogP contribution in [0.25, 0.3) is 11.0 Å². The minimum atomic E-state index is -4.75. The molecular weight excluding hydrogens is 500 g/mol. The molecule has 1 aliphatic rings. The van der Waals surface area contributed by atoms with E-state index in [9.17, 15) is 31.1 Å². The lowest BCUT2D eigenvalue weighted by Gasteiger charge is -2.27. The smallest absolute Gasteiger partial charge is 0.447 e. The molecule has 0 atom stereocenters. The normalized spacial score (nSPS) is 18.8. The minimum Gasteiger partial charge on any atom is -0.447 e. The van der Waals surface area contributed by atoms with E-state index in [1.54, 1.807) is 0 Å². The highest BCUT2D eigenvalue weighted by molar-refractivity contribution is 5.94. The molecule has 0 aliphatic heterocycles. The van der Waals surface area contributed by atoms with Gasteiger partial charge in [0.25, 0.3) is 5.91 Å². The Morgan fingerprint density at radius 3 is 2.47 bits per heavy atom. The van der Waals surface area contributed by atoms with Crippen molar-refractivity contribution >= 4 is 16.9 Å². The minimum absolute atomic E-state index is 0.0161. The lowest BCUT2D eigenvalue weighted by atomic mass is 9.86. The van der Waals surface area contributed by atoms with Gasteiger partial charge in [-0.2, -0.15) is 13.2 Å². The molecule has 1 N–H and O–H groups in total. The van der Waals surface area contributed by atoms with Crippen LogP contribution in [0.4, 0.5) is 26.3 Å². The maximum absolute atomic E-state index is 12.8. The number of fused-ring (bicyclic) bond motifs is 1. The molecule has 1 fully saturated rings. The number of benzene rings is 1. The first kappa shape index (κ1) is 25.6. The van der Waals surface area contributed by atoms with E-state index in [1.807, 2.05) is 0 Å². The largest absolute Gasteiger partial charge is 0.522 e. The average Bonchev–Trinajstić information content (AvgIpc) is 3.29. The second-order valence-corrected chi connectivity index (χ2v) is 8.03. The lowest BCUT2D eigenvalue weighted by molar-refractivity contribution is -0.325. The van der Waals surface area contributed by atoms with Crippen molar-refractivity contribution < 1.29 is 45.0 Å². The topological polar surface area (TPSA) is 112 Å². The Labute approximate surface area is 199 Å². The van der Waals surface area contributed by atoms with Crippen LogP contribution in [0.1, 0.15) is 53.5 Å². The van der Waals surface area contributed by atoms with Gasteiger partial charge in [0.05, 0.1) is 29.4 Å². The number of alkyl halides is 6. The fourth-order valence-corrected chi connectivity index (χ4v) is 3.77. The van der Waals surface area contributed by atoms with Crippen LogP contribution in [-0.2, 0) is 10.9 Å². The molecule has 0 bridgehead atoms. The molecule has 36 heavy (non-hydrogen) atoms. The van der Waals surface area contributed by atoms with Crippen molar-refractivity contribution in [1.82, 2.24) is 25.5 Å². The third-order valence-electron chi connectivity index (χ3n) is 5.51. The van der Waals surface area contributed by atoms with E-state index in [4.69, 9.17) is 9.15 Å². The number of nitrogens with zero attached hydrogens (tertiary/aromatic N) is 4. The molecule has 3 aromatic rings. The predicted molar refractivity (Wildman–Crippen MR) is 109 cm³/mol. The predicted octanol–water partition coefficient (Wildman–Crippen LogP) is 4.40. The fraction of sp³-hybridized carbons (Fsp3) is 0.476. The van der Waals surface area contributed by atoms with Crippen LogP contribution < -0.4 is 10.1 Å². The highest BCUT2D eigenvalue weighted by atomic mass is 19.4. The number of aromatic nitrogens is 4. The van der Waals surface area contributed by atoms with E-state index in [2.05, 4.69) is 30.2 Å². The zero-order chi connectivity index (χ0) is 25.9. The van der Waals surface area contributed by atoms with Gasteiger partial charge in [-0.15, -0.1) is 18.3 Å². The van der Waals surface area contributed by atoms with Crippen molar-refractivity contribution in [3.05, 3.63) is 41.5 Å². The van der Waals surface area contributed by atoms with Crippen LogP contribution in [0.5, 0.6) is 6.08 Å². The maximum Gasteiger partial charge on any atom is 0.522 e. The van der Waals surface area contributed by atoms with E-state index in [1.165, 1.54) is 6.07 Å². The molecule has 1 amide bonds. The van der Waals surface area contributed by atoms with Gasteiger partial charge in [0, 0.05) is 12.0 Å². The molecule has 0 saturated heterocycles. The molecule has 2 heterocycles. The Morgan fingerprint density at radius 1 is 1.03 bits per heavy atom. The van der Waals surface area contributed by atoms with Crippen LogP contribution in [0.2, 0.25) is 0 Å². The second kappa shape index (κ2) is 10.2. The Bertz CT molecular complexity index is 1210. The summed E-state index contributed by atoms with van der Waals surface area (Å²) in [6.45, 7) is -1.14. The van der Waals surface area contributed by atoms with Crippen LogP contribution in [0, 0.1) is 0 Å². The van der Waals surface area contributed by atoms with Crippen LogP contribution in [-0.4, -0.2) is 51.7 Å². The molecule has 1 aromatic carbocycles. The molecular formula is C21H19F6N5O4. The molecule has 9 nitrogen and oxygen atoms in total. The lowest BCUT2D eigenvalue weighted by Crippen LogP contribution is -2.37. The number of ether oxygens (including phenoxy) is 2. The highest BCUT2D eigenvalue weighted by Gasteiger charge is 2.31. The summed E-state index contributed by atoms with van der Waals surface area (Å²) in [6, 6.07) is 2.73. The standard InChI is InChI=1S/C21H19F6N5O4/c22-20(23,24)12-3-6-14-15(9-12)28-10-16(30-14)17(33)29-13-4-1-11(2-5-13)18-31-32-19(36-18)34-7-8-35-21(25,26)27/h3,6,9-11,13H,1-2,4-5,7-8H2,(H,29,33). The third-order valence-corrected chi connectivity index (χ3v) is 5.51. The average molecular weight is 519 g/mol. The van der Waals surface area contributed by atoms with Crippen LogP contribution >= 0.6 is 0 Å². The maximum atomic E-state index is 12.8. The summed E-state index contributed by atoms with van der Waals surface area (Å²) >= 11 is 0. The summed E-state index contributed by atoms with van der Waals surface area (Å²) in [5.74, 6) is -0.329. The summed E-state index contributed by atoms with van der Waals surface area (Å²) in [6.07, 6.45) is -6.06. The molecule has 2 aromatic heterocycles. The first-order valence-corrected chi connectivity index (χ1v) is 10.8. The summed E-state index contributed by atoms with van der Waals surface area (Å²) in [7, 11) is 0. The van der Waals surface area contributed by atoms with Crippen molar-refractivity contribution in [2.45, 2.75) is 50.2 Å². The van der Waals surface area contributed by atoms with Gasteiger partial charge in [0.1, 0.15) is 12.3 Å². The van der Waals surface area contributed by atoms with Crippen molar-refractivity contribution in [2.24, 2.45) is 0 Å². The molecule has 194 valence electrons. The summed E-state index contributed by atoms with van der Waals surface area (Å²) in [5.41, 5.74) is -0.678. The zero-order valence-corrected chi connectivity index (χ0v) is 18.4. The number of hydrogen-bond acceptors (Lipinski definition) is 8. The van der Waals surface area contributed by atoms with Crippen LogP contribution in [0.15, 0.2) is 28.8 Å². The third kappa shape index (κ3) is 6.59.